The molecule has 4 heteroatoms. The Bertz CT molecular complexity index is 473. The van der Waals surface area contributed by atoms with E-state index in [2.05, 4.69) is 4.90 Å². The van der Waals surface area contributed by atoms with Crippen molar-refractivity contribution in [2.45, 2.75) is 32.7 Å². The Balaban J connectivity index is 2.47. The van der Waals surface area contributed by atoms with Crippen molar-refractivity contribution in [1.82, 2.24) is 0 Å². The Morgan fingerprint density at radius 2 is 2.11 bits per heavy atom. The first kappa shape index (κ1) is 12.9. The number of rotatable bonds is 3. The second-order valence-electron chi connectivity index (χ2n) is 5.15. The van der Waals surface area contributed by atoms with Crippen molar-refractivity contribution >= 4 is 11.7 Å². The van der Waals surface area contributed by atoms with Crippen molar-refractivity contribution in [2.24, 2.45) is 5.92 Å². The summed E-state index contributed by atoms with van der Waals surface area (Å²) in [5, 5.41) is 9.14. The molecule has 0 aromatic heterocycles. The van der Waals surface area contributed by atoms with Gasteiger partial charge in [-0.3, -0.25) is 4.79 Å². The third-order valence-electron chi connectivity index (χ3n) is 3.72. The van der Waals surface area contributed by atoms with Gasteiger partial charge in [0.1, 0.15) is 5.82 Å². The van der Waals surface area contributed by atoms with Gasteiger partial charge in [-0.1, -0.05) is 13.0 Å². The number of hydrogen-bond donors (Lipinski definition) is 1. The van der Waals surface area contributed by atoms with Crippen LogP contribution in [0.15, 0.2) is 18.2 Å². The van der Waals surface area contributed by atoms with Crippen LogP contribution in [-0.2, 0) is 4.79 Å². The summed E-state index contributed by atoms with van der Waals surface area (Å²) < 4.78 is 14.0. The minimum Gasteiger partial charge on any atom is -0.481 e. The van der Waals surface area contributed by atoms with E-state index in [0.717, 1.165) is 5.69 Å². The van der Waals surface area contributed by atoms with Gasteiger partial charge in [0.05, 0.1) is 5.92 Å². The molecule has 1 aliphatic heterocycles. The maximum absolute atomic E-state index is 14.0. The van der Waals surface area contributed by atoms with E-state index in [-0.39, 0.29) is 17.8 Å². The number of anilines is 1. The van der Waals surface area contributed by atoms with Crippen LogP contribution in [-0.4, -0.2) is 23.7 Å². The molecule has 1 aromatic carbocycles. The SMILES string of the molecule is CC(C(=O)O)C1CN(C(C)C)c2cccc(F)c21. The summed E-state index contributed by atoms with van der Waals surface area (Å²) in [4.78, 5) is 13.2. The molecule has 0 aliphatic carbocycles. The summed E-state index contributed by atoms with van der Waals surface area (Å²) in [6.07, 6.45) is 0. The maximum Gasteiger partial charge on any atom is 0.306 e. The smallest absolute Gasteiger partial charge is 0.306 e. The number of aliphatic carboxylic acids is 1. The van der Waals surface area contributed by atoms with E-state index in [0.29, 0.717) is 12.1 Å². The highest BCUT2D eigenvalue weighted by Crippen LogP contribution is 2.42. The number of hydrogen-bond acceptors (Lipinski definition) is 2. The van der Waals surface area contributed by atoms with Crippen LogP contribution >= 0.6 is 0 Å². The Morgan fingerprint density at radius 3 is 2.67 bits per heavy atom. The van der Waals surface area contributed by atoms with Crippen molar-refractivity contribution in [2.75, 3.05) is 11.4 Å². The third-order valence-corrected chi connectivity index (χ3v) is 3.72. The first-order valence-electron chi connectivity index (χ1n) is 6.21. The first-order valence-corrected chi connectivity index (χ1v) is 6.21. The van der Waals surface area contributed by atoms with Gasteiger partial charge in [-0.05, 0) is 26.0 Å². The largest absolute Gasteiger partial charge is 0.481 e. The zero-order chi connectivity index (χ0) is 13.4. The lowest BCUT2D eigenvalue weighted by molar-refractivity contribution is -0.141. The number of carbonyl (C=O) groups is 1. The van der Waals surface area contributed by atoms with Gasteiger partial charge in [0.25, 0.3) is 0 Å². The van der Waals surface area contributed by atoms with Crippen LogP contribution in [0.2, 0.25) is 0 Å². The number of halogens is 1. The Hall–Kier alpha value is -1.58. The van der Waals surface area contributed by atoms with E-state index in [1.165, 1.54) is 6.07 Å². The zero-order valence-electron chi connectivity index (χ0n) is 10.9. The maximum atomic E-state index is 14.0. The van der Waals surface area contributed by atoms with Gasteiger partial charge < -0.3 is 10.0 Å². The predicted molar refractivity (Wildman–Crippen MR) is 68.4 cm³/mol. The van der Waals surface area contributed by atoms with Crippen molar-refractivity contribution in [3.63, 3.8) is 0 Å². The number of carboxylic acids is 1. The molecule has 0 saturated carbocycles. The van der Waals surface area contributed by atoms with E-state index >= 15 is 0 Å². The molecule has 0 fully saturated rings. The van der Waals surface area contributed by atoms with Crippen LogP contribution in [0.4, 0.5) is 10.1 Å². The quantitative estimate of drug-likeness (QED) is 0.898. The summed E-state index contributed by atoms with van der Waals surface area (Å²) in [5.41, 5.74) is 1.39. The van der Waals surface area contributed by atoms with E-state index in [9.17, 15) is 9.18 Å². The number of fused-ring (bicyclic) bond motifs is 1. The second kappa shape index (κ2) is 4.59. The Labute approximate surface area is 106 Å². The zero-order valence-corrected chi connectivity index (χ0v) is 10.9. The summed E-state index contributed by atoms with van der Waals surface area (Å²) >= 11 is 0. The number of carboxylic acid groups (broad SMARTS) is 1. The highest BCUT2D eigenvalue weighted by molar-refractivity contribution is 5.73. The van der Waals surface area contributed by atoms with Crippen LogP contribution in [0.25, 0.3) is 0 Å². The standard InChI is InChI=1S/C14H18FNO2/c1-8(2)16-7-10(9(3)14(17)18)13-11(15)5-4-6-12(13)16/h4-6,8-10H,7H2,1-3H3,(H,17,18). The lowest BCUT2D eigenvalue weighted by Gasteiger charge is -2.25. The van der Waals surface area contributed by atoms with Gasteiger partial charge in [-0.15, -0.1) is 0 Å². The highest BCUT2D eigenvalue weighted by Gasteiger charge is 2.38. The second-order valence-corrected chi connectivity index (χ2v) is 5.15. The summed E-state index contributed by atoms with van der Waals surface area (Å²) in [6.45, 7) is 6.28. The monoisotopic (exact) mass is 251 g/mol. The molecule has 0 amide bonds. The average Bonchev–Trinajstić information content (AvgIpc) is 2.68. The molecule has 2 atom stereocenters. The van der Waals surface area contributed by atoms with E-state index in [1.54, 1.807) is 13.0 Å². The van der Waals surface area contributed by atoms with Gasteiger partial charge >= 0.3 is 5.97 Å². The molecular formula is C14H18FNO2. The van der Waals surface area contributed by atoms with Gasteiger partial charge in [0.15, 0.2) is 0 Å². The van der Waals surface area contributed by atoms with Crippen LogP contribution in [0, 0.1) is 11.7 Å². The van der Waals surface area contributed by atoms with Gasteiger partial charge in [0.2, 0.25) is 0 Å². The minimum atomic E-state index is -0.875. The van der Waals surface area contributed by atoms with Gasteiger partial charge in [0, 0.05) is 29.8 Å². The molecule has 1 aromatic rings. The molecule has 0 spiro atoms. The first-order chi connectivity index (χ1) is 8.43. The summed E-state index contributed by atoms with van der Waals surface area (Å²) in [5.74, 6) is -2.03. The Morgan fingerprint density at radius 1 is 1.44 bits per heavy atom. The molecule has 98 valence electrons. The fraction of sp³-hybridized carbons (Fsp3) is 0.500. The van der Waals surface area contributed by atoms with E-state index < -0.39 is 11.9 Å². The molecule has 0 saturated heterocycles. The van der Waals surface area contributed by atoms with Gasteiger partial charge in [-0.2, -0.15) is 0 Å². The normalized spacial score (nSPS) is 20.1. The van der Waals surface area contributed by atoms with Crippen LogP contribution in [0.5, 0.6) is 0 Å². The molecule has 2 unspecified atom stereocenters. The fourth-order valence-corrected chi connectivity index (χ4v) is 2.61. The molecule has 0 bridgehead atoms. The average molecular weight is 251 g/mol. The minimum absolute atomic E-state index is 0.233. The third kappa shape index (κ3) is 1.96. The van der Waals surface area contributed by atoms with E-state index in [4.69, 9.17) is 5.11 Å². The lowest BCUT2D eigenvalue weighted by atomic mass is 9.88. The molecule has 1 heterocycles. The lowest BCUT2D eigenvalue weighted by Crippen LogP contribution is -2.31. The number of benzene rings is 1. The molecule has 1 aliphatic rings. The molecule has 18 heavy (non-hydrogen) atoms. The molecule has 0 radical (unpaired) electrons. The van der Waals surface area contributed by atoms with Crippen molar-refractivity contribution in [1.29, 1.82) is 0 Å². The van der Waals surface area contributed by atoms with Crippen LogP contribution in [0.3, 0.4) is 0 Å². The predicted octanol–water partition coefficient (Wildman–Crippen LogP) is 2.86. The summed E-state index contributed by atoms with van der Waals surface area (Å²) in [6, 6.07) is 5.19. The van der Waals surface area contributed by atoms with Crippen molar-refractivity contribution in [3.8, 4) is 0 Å². The topological polar surface area (TPSA) is 40.5 Å². The van der Waals surface area contributed by atoms with Gasteiger partial charge in [-0.25, -0.2) is 4.39 Å². The Kier molecular flexibility index (Phi) is 3.28. The van der Waals surface area contributed by atoms with Crippen LogP contribution in [0.1, 0.15) is 32.3 Å². The highest BCUT2D eigenvalue weighted by atomic mass is 19.1. The molecule has 3 nitrogen and oxygen atoms in total. The molecular weight excluding hydrogens is 233 g/mol. The molecule has 1 N–H and O–H groups in total. The van der Waals surface area contributed by atoms with Crippen LogP contribution < -0.4 is 4.90 Å². The summed E-state index contributed by atoms with van der Waals surface area (Å²) in [7, 11) is 0. The van der Waals surface area contributed by atoms with Crippen molar-refractivity contribution in [3.05, 3.63) is 29.6 Å². The molecule has 2 rings (SSSR count). The number of nitrogens with zero attached hydrogens (tertiary/aromatic N) is 1. The fourth-order valence-electron chi connectivity index (χ4n) is 2.61. The van der Waals surface area contributed by atoms with E-state index in [1.807, 2.05) is 19.9 Å². The van der Waals surface area contributed by atoms with Crippen molar-refractivity contribution < 1.29 is 14.3 Å².